The number of hydrogen-bond donors (Lipinski definition) is 2. The zero-order valence-corrected chi connectivity index (χ0v) is 9.31. The largest absolute Gasteiger partial charge is 0.411 e. The molecule has 96 valence electrons. The van der Waals surface area contributed by atoms with Gasteiger partial charge in [-0.2, -0.15) is 13.2 Å². The first-order valence-electron chi connectivity index (χ1n) is 5.38. The first kappa shape index (κ1) is 13.7. The fourth-order valence-electron chi connectivity index (χ4n) is 1.40. The van der Waals surface area contributed by atoms with Gasteiger partial charge in [0.1, 0.15) is 6.61 Å². The Morgan fingerprint density at radius 2 is 2.00 bits per heavy atom. The number of rotatable bonds is 7. The third kappa shape index (κ3) is 5.67. The van der Waals surface area contributed by atoms with E-state index in [1.807, 2.05) is 0 Å². The molecule has 1 rings (SSSR count). The monoisotopic (exact) mass is 241 g/mol. The molecular weight excluding hydrogens is 223 g/mol. The maximum Gasteiger partial charge on any atom is 0.411 e. The number of hydrogen-bond acceptors (Lipinski definition) is 3. The molecule has 3 nitrogen and oxygen atoms in total. The summed E-state index contributed by atoms with van der Waals surface area (Å²) in [6.45, 7) is 0.468. The molecule has 1 fully saturated rings. The summed E-state index contributed by atoms with van der Waals surface area (Å²) in [7, 11) is 0. The van der Waals surface area contributed by atoms with Crippen molar-refractivity contribution in [2.24, 2.45) is 0 Å². The van der Waals surface area contributed by atoms with Gasteiger partial charge < -0.3 is 15.2 Å². The van der Waals surface area contributed by atoms with Gasteiger partial charge in [-0.1, -0.05) is 0 Å². The van der Waals surface area contributed by atoms with Crippen LogP contribution in [0.4, 0.5) is 13.2 Å². The van der Waals surface area contributed by atoms with Gasteiger partial charge in [-0.15, -0.1) is 0 Å². The van der Waals surface area contributed by atoms with Gasteiger partial charge in [0.25, 0.3) is 0 Å². The zero-order valence-electron chi connectivity index (χ0n) is 9.31. The fraction of sp³-hybridized carbons (Fsp3) is 1.00. The first-order valence-corrected chi connectivity index (χ1v) is 5.38. The van der Waals surface area contributed by atoms with Crippen LogP contribution >= 0.6 is 0 Å². The Kier molecular flexibility index (Phi) is 4.58. The van der Waals surface area contributed by atoms with Gasteiger partial charge in [0.2, 0.25) is 0 Å². The summed E-state index contributed by atoms with van der Waals surface area (Å²) in [5, 5.41) is 12.4. The molecule has 2 N–H and O–H groups in total. The van der Waals surface area contributed by atoms with E-state index in [1.165, 1.54) is 0 Å². The lowest BCUT2D eigenvalue weighted by atomic mass is 9.99. The Balaban J connectivity index is 2.17. The molecule has 0 bridgehead atoms. The van der Waals surface area contributed by atoms with E-state index < -0.39 is 18.3 Å². The molecule has 0 aliphatic heterocycles. The van der Waals surface area contributed by atoms with E-state index in [0.29, 0.717) is 12.5 Å². The average Bonchev–Trinajstić information content (AvgIpc) is 2.95. The van der Waals surface area contributed by atoms with Crippen molar-refractivity contribution in [1.29, 1.82) is 0 Å². The zero-order chi connectivity index (χ0) is 12.2. The Bertz CT molecular complexity index is 219. The topological polar surface area (TPSA) is 41.5 Å². The highest BCUT2D eigenvalue weighted by Gasteiger charge is 2.32. The Morgan fingerprint density at radius 1 is 1.38 bits per heavy atom. The van der Waals surface area contributed by atoms with Crippen LogP contribution in [0, 0.1) is 0 Å². The Morgan fingerprint density at radius 3 is 2.44 bits per heavy atom. The van der Waals surface area contributed by atoms with Crippen molar-refractivity contribution in [2.75, 3.05) is 19.8 Å². The second-order valence-corrected chi connectivity index (χ2v) is 4.56. The van der Waals surface area contributed by atoms with Crippen molar-refractivity contribution in [2.45, 2.75) is 43.9 Å². The summed E-state index contributed by atoms with van der Waals surface area (Å²) in [5.41, 5.74) is -0.535. The molecule has 0 spiro atoms. The van der Waals surface area contributed by atoms with Crippen LogP contribution in [0.15, 0.2) is 0 Å². The maximum absolute atomic E-state index is 11.8. The molecule has 0 aromatic rings. The summed E-state index contributed by atoms with van der Waals surface area (Å²) in [5.74, 6) is 0. The number of halogens is 3. The smallest absolute Gasteiger partial charge is 0.394 e. The highest BCUT2D eigenvalue weighted by atomic mass is 19.4. The quantitative estimate of drug-likeness (QED) is 0.663. The summed E-state index contributed by atoms with van der Waals surface area (Å²) in [4.78, 5) is 0. The van der Waals surface area contributed by atoms with Crippen molar-refractivity contribution < 1.29 is 23.0 Å². The predicted molar refractivity (Wildman–Crippen MR) is 53.1 cm³/mol. The number of aliphatic hydroxyl groups excluding tert-OH is 1. The van der Waals surface area contributed by atoms with Gasteiger partial charge in [-0.3, -0.25) is 0 Å². The molecule has 1 saturated carbocycles. The Labute approximate surface area is 93.0 Å². The van der Waals surface area contributed by atoms with Gasteiger partial charge in [-0.25, -0.2) is 0 Å². The minimum absolute atomic E-state index is 0.00368. The van der Waals surface area contributed by atoms with Gasteiger partial charge in [-0.05, 0) is 26.2 Å². The van der Waals surface area contributed by atoms with Crippen molar-refractivity contribution in [1.82, 2.24) is 5.32 Å². The lowest BCUT2D eigenvalue weighted by molar-refractivity contribution is -0.175. The molecule has 1 aliphatic carbocycles. The molecule has 1 atom stereocenters. The van der Waals surface area contributed by atoms with Crippen LogP contribution in [0.2, 0.25) is 0 Å². The number of alkyl halides is 3. The molecule has 1 aliphatic rings. The molecule has 16 heavy (non-hydrogen) atoms. The van der Waals surface area contributed by atoms with E-state index in [-0.39, 0.29) is 13.2 Å². The molecule has 0 aromatic heterocycles. The third-order valence-electron chi connectivity index (χ3n) is 2.54. The molecule has 0 amide bonds. The minimum atomic E-state index is -4.28. The lowest BCUT2D eigenvalue weighted by Crippen LogP contribution is -2.47. The number of aliphatic hydroxyl groups is 1. The normalized spacial score (nSPS) is 20.8. The standard InChI is InChI=1S/C10H18F3NO2/c1-9(6-15,14-8-2-3-8)4-5-16-7-10(11,12)13/h8,14-15H,2-7H2,1H3. The van der Waals surface area contributed by atoms with Crippen LogP contribution in [0.3, 0.4) is 0 Å². The van der Waals surface area contributed by atoms with Crippen molar-refractivity contribution in [3.05, 3.63) is 0 Å². The van der Waals surface area contributed by atoms with Gasteiger partial charge in [0.05, 0.1) is 6.61 Å². The van der Waals surface area contributed by atoms with Crippen molar-refractivity contribution in [3.8, 4) is 0 Å². The summed E-state index contributed by atoms with van der Waals surface area (Å²) in [6.07, 6.45) is -1.77. The molecule has 0 aromatic carbocycles. The minimum Gasteiger partial charge on any atom is -0.394 e. The van der Waals surface area contributed by atoms with Crippen LogP contribution in [0.1, 0.15) is 26.2 Å². The van der Waals surface area contributed by atoms with E-state index in [1.54, 1.807) is 6.92 Å². The van der Waals surface area contributed by atoms with E-state index in [2.05, 4.69) is 10.1 Å². The van der Waals surface area contributed by atoms with E-state index in [0.717, 1.165) is 12.8 Å². The second-order valence-electron chi connectivity index (χ2n) is 4.56. The van der Waals surface area contributed by atoms with Gasteiger partial charge in [0.15, 0.2) is 0 Å². The second kappa shape index (κ2) is 5.33. The fourth-order valence-corrected chi connectivity index (χ4v) is 1.40. The maximum atomic E-state index is 11.8. The molecule has 0 heterocycles. The molecule has 0 saturated heterocycles. The van der Waals surface area contributed by atoms with E-state index >= 15 is 0 Å². The summed E-state index contributed by atoms with van der Waals surface area (Å²) >= 11 is 0. The van der Waals surface area contributed by atoms with Crippen LogP contribution in [0.25, 0.3) is 0 Å². The van der Waals surface area contributed by atoms with Crippen LogP contribution in [0.5, 0.6) is 0 Å². The van der Waals surface area contributed by atoms with Crippen LogP contribution in [-0.2, 0) is 4.74 Å². The molecular formula is C10H18F3NO2. The summed E-state index contributed by atoms with van der Waals surface area (Å²) < 4.78 is 39.9. The van der Waals surface area contributed by atoms with E-state index in [9.17, 15) is 18.3 Å². The van der Waals surface area contributed by atoms with E-state index in [4.69, 9.17) is 0 Å². The van der Waals surface area contributed by atoms with Crippen molar-refractivity contribution >= 4 is 0 Å². The molecule has 1 unspecified atom stereocenters. The predicted octanol–water partition coefficient (Wildman–Crippen LogP) is 1.46. The number of ether oxygens (including phenoxy) is 1. The summed E-state index contributed by atoms with van der Waals surface area (Å²) in [6, 6.07) is 0.403. The molecule has 0 radical (unpaired) electrons. The SMILES string of the molecule is CC(CO)(CCOCC(F)(F)F)NC1CC1. The van der Waals surface area contributed by atoms with Crippen molar-refractivity contribution in [3.63, 3.8) is 0 Å². The third-order valence-corrected chi connectivity index (χ3v) is 2.54. The highest BCUT2D eigenvalue weighted by molar-refractivity contribution is 4.92. The van der Waals surface area contributed by atoms with Crippen LogP contribution in [-0.4, -0.2) is 42.7 Å². The molecule has 6 heteroatoms. The van der Waals surface area contributed by atoms with Gasteiger partial charge >= 0.3 is 6.18 Å². The Hall–Kier alpha value is -0.330. The highest BCUT2D eigenvalue weighted by Crippen LogP contribution is 2.24. The van der Waals surface area contributed by atoms with Gasteiger partial charge in [0, 0.05) is 18.2 Å². The van der Waals surface area contributed by atoms with Crippen LogP contribution < -0.4 is 5.32 Å². The number of nitrogens with one attached hydrogen (secondary N) is 1. The lowest BCUT2D eigenvalue weighted by Gasteiger charge is -2.29. The first-order chi connectivity index (χ1) is 7.35. The average molecular weight is 241 g/mol.